The van der Waals surface area contributed by atoms with Gasteiger partial charge in [-0.1, -0.05) is 43.2 Å². The normalized spacial score (nSPS) is 22.9. The van der Waals surface area contributed by atoms with Gasteiger partial charge in [0.1, 0.15) is 11.5 Å². The Morgan fingerprint density at radius 1 is 0.854 bits per heavy atom. The van der Waals surface area contributed by atoms with E-state index in [4.69, 9.17) is 14.7 Å². The molecule has 3 N–H and O–H groups in total. The maximum Gasteiger partial charge on any atom is 0.231 e. The van der Waals surface area contributed by atoms with Gasteiger partial charge in [0.25, 0.3) is 0 Å². The van der Waals surface area contributed by atoms with Gasteiger partial charge in [0.15, 0.2) is 0 Å². The van der Waals surface area contributed by atoms with E-state index in [9.17, 15) is 0 Å². The maximum atomic E-state index is 5.53. The predicted octanol–water partition coefficient (Wildman–Crippen LogP) is 6.52. The zero-order chi connectivity index (χ0) is 27.4. The van der Waals surface area contributed by atoms with Crippen LogP contribution in [0.25, 0.3) is 22.2 Å². The first-order valence-electron chi connectivity index (χ1n) is 15.6. The van der Waals surface area contributed by atoms with Crippen molar-refractivity contribution >= 4 is 28.5 Å². The van der Waals surface area contributed by atoms with Crippen molar-refractivity contribution in [2.75, 3.05) is 36.9 Å². The number of aromatic amines is 1. The number of hydrogen-bond donors (Lipinski definition) is 3. The average Bonchev–Trinajstić information content (AvgIpc) is 3.58. The average molecular weight is 555 g/mol. The minimum atomic E-state index is 0.376. The first-order valence-corrected chi connectivity index (χ1v) is 15.6. The standard InChI is InChI=1S/C32H42N8O/c1-2-7-17-39(16-6-1)26-12-10-24(11-13-26)35-31-29-28(23-8-4-3-5-9-23)21-33-30(29)37-32(38-31)36-25-20-34-40(22-25)27-14-18-41-19-15-27/h3-5,8-9,20-22,24,26-27H,1-2,6-7,10-19H2,(H3,33,35,36,37,38). The molecule has 0 bridgehead atoms. The lowest BCUT2D eigenvalue weighted by molar-refractivity contribution is 0.0662. The van der Waals surface area contributed by atoms with Gasteiger partial charge in [-0.2, -0.15) is 15.1 Å². The summed E-state index contributed by atoms with van der Waals surface area (Å²) in [5.41, 5.74) is 4.02. The molecule has 0 atom stereocenters. The van der Waals surface area contributed by atoms with Gasteiger partial charge in [-0.15, -0.1) is 0 Å². The summed E-state index contributed by atoms with van der Waals surface area (Å²) in [5, 5.41) is 13.0. The van der Waals surface area contributed by atoms with Crippen LogP contribution in [0.4, 0.5) is 17.5 Å². The van der Waals surface area contributed by atoms with Gasteiger partial charge in [0.2, 0.25) is 5.95 Å². The second-order valence-electron chi connectivity index (χ2n) is 12.0. The van der Waals surface area contributed by atoms with Crippen molar-refractivity contribution in [3.8, 4) is 11.1 Å². The number of aromatic nitrogens is 5. The Kier molecular flexibility index (Phi) is 7.88. The molecule has 3 aromatic heterocycles. The maximum absolute atomic E-state index is 5.53. The van der Waals surface area contributed by atoms with Gasteiger partial charge in [-0.25, -0.2) is 0 Å². The largest absolute Gasteiger partial charge is 0.381 e. The fourth-order valence-electron chi connectivity index (χ4n) is 6.96. The Labute approximate surface area is 242 Å². The molecule has 1 aliphatic carbocycles. The molecule has 2 saturated heterocycles. The second kappa shape index (κ2) is 12.2. The van der Waals surface area contributed by atoms with Gasteiger partial charge in [-0.05, 0) is 70.0 Å². The number of ether oxygens (including phenoxy) is 1. The second-order valence-corrected chi connectivity index (χ2v) is 12.0. The molecule has 3 fully saturated rings. The predicted molar refractivity (Wildman–Crippen MR) is 164 cm³/mol. The van der Waals surface area contributed by atoms with Crippen LogP contribution in [-0.2, 0) is 4.74 Å². The lowest BCUT2D eigenvalue weighted by Gasteiger charge is -2.36. The lowest BCUT2D eigenvalue weighted by atomic mass is 9.90. The van der Waals surface area contributed by atoms with Crippen molar-refractivity contribution < 1.29 is 4.74 Å². The molecule has 9 nitrogen and oxygen atoms in total. The Hall–Kier alpha value is -3.43. The Balaban J connectivity index is 1.13. The zero-order valence-electron chi connectivity index (χ0n) is 23.9. The number of nitrogens with zero attached hydrogens (tertiary/aromatic N) is 5. The number of rotatable bonds is 7. The Morgan fingerprint density at radius 2 is 1.63 bits per heavy atom. The lowest BCUT2D eigenvalue weighted by Crippen LogP contribution is -2.41. The summed E-state index contributed by atoms with van der Waals surface area (Å²) in [6.07, 6.45) is 18.3. The first kappa shape index (κ1) is 26.5. The molecule has 216 valence electrons. The smallest absolute Gasteiger partial charge is 0.231 e. The van der Waals surface area contributed by atoms with Crippen LogP contribution in [0.15, 0.2) is 48.9 Å². The zero-order valence-corrected chi connectivity index (χ0v) is 23.9. The number of nitrogens with one attached hydrogen (secondary N) is 3. The van der Waals surface area contributed by atoms with Crippen LogP contribution in [0.1, 0.15) is 70.3 Å². The van der Waals surface area contributed by atoms with E-state index in [1.54, 1.807) is 0 Å². The number of likely N-dealkylation sites (tertiary alicyclic amines) is 1. The topological polar surface area (TPSA) is 95.9 Å². The molecule has 5 heterocycles. The van der Waals surface area contributed by atoms with Crippen LogP contribution in [0.5, 0.6) is 0 Å². The van der Waals surface area contributed by atoms with E-state index in [0.29, 0.717) is 18.0 Å². The van der Waals surface area contributed by atoms with E-state index in [1.165, 1.54) is 64.5 Å². The van der Waals surface area contributed by atoms with Crippen molar-refractivity contribution in [3.63, 3.8) is 0 Å². The van der Waals surface area contributed by atoms with Crippen LogP contribution >= 0.6 is 0 Å². The SMILES string of the molecule is c1ccc(-c2c[nH]c3nc(Nc4cnn(C5CCOCC5)c4)nc(NC4CCC(N5CCCCCC5)CC4)c23)cc1. The van der Waals surface area contributed by atoms with Crippen molar-refractivity contribution in [2.45, 2.75) is 82.3 Å². The summed E-state index contributed by atoms with van der Waals surface area (Å²) in [7, 11) is 0. The fourth-order valence-corrected chi connectivity index (χ4v) is 6.96. The van der Waals surface area contributed by atoms with E-state index >= 15 is 0 Å². The molecule has 9 heteroatoms. The molecule has 2 aliphatic heterocycles. The van der Waals surface area contributed by atoms with Crippen LogP contribution in [0, 0.1) is 0 Å². The molecule has 0 unspecified atom stereocenters. The monoisotopic (exact) mass is 554 g/mol. The molecule has 7 rings (SSSR count). The summed E-state index contributed by atoms with van der Waals surface area (Å²) in [5.74, 6) is 1.47. The molecular weight excluding hydrogens is 512 g/mol. The highest BCUT2D eigenvalue weighted by molar-refractivity contribution is 6.01. The highest BCUT2D eigenvalue weighted by Gasteiger charge is 2.27. The number of anilines is 3. The summed E-state index contributed by atoms with van der Waals surface area (Å²) < 4.78 is 7.58. The Bertz CT molecular complexity index is 1410. The van der Waals surface area contributed by atoms with Gasteiger partial charge in [0, 0.05) is 43.3 Å². The Morgan fingerprint density at radius 3 is 2.41 bits per heavy atom. The van der Waals surface area contributed by atoms with Crippen LogP contribution in [0.2, 0.25) is 0 Å². The van der Waals surface area contributed by atoms with Gasteiger partial charge >= 0.3 is 0 Å². The fraction of sp³-hybridized carbons (Fsp3) is 0.531. The summed E-state index contributed by atoms with van der Waals surface area (Å²) in [4.78, 5) is 16.2. The number of H-pyrrole nitrogens is 1. The number of hydrogen-bond acceptors (Lipinski definition) is 7. The molecule has 0 radical (unpaired) electrons. The molecular formula is C32H42N8O. The molecule has 0 spiro atoms. The van der Waals surface area contributed by atoms with Gasteiger partial charge in [-0.3, -0.25) is 4.68 Å². The minimum Gasteiger partial charge on any atom is -0.381 e. The summed E-state index contributed by atoms with van der Waals surface area (Å²) >= 11 is 0. The van der Waals surface area contributed by atoms with E-state index in [1.807, 2.05) is 10.9 Å². The highest BCUT2D eigenvalue weighted by atomic mass is 16.5. The minimum absolute atomic E-state index is 0.376. The van der Waals surface area contributed by atoms with E-state index in [-0.39, 0.29) is 0 Å². The molecule has 1 aromatic carbocycles. The molecule has 1 saturated carbocycles. The third-order valence-corrected chi connectivity index (χ3v) is 9.23. The van der Waals surface area contributed by atoms with Gasteiger partial charge < -0.3 is 25.3 Å². The highest BCUT2D eigenvalue weighted by Crippen LogP contribution is 2.35. The van der Waals surface area contributed by atoms with Crippen molar-refractivity contribution in [1.29, 1.82) is 0 Å². The summed E-state index contributed by atoms with van der Waals surface area (Å²) in [6, 6.07) is 12.0. The van der Waals surface area contributed by atoms with Crippen LogP contribution in [0.3, 0.4) is 0 Å². The molecule has 0 amide bonds. The summed E-state index contributed by atoms with van der Waals surface area (Å²) in [6.45, 7) is 4.13. The van der Waals surface area contributed by atoms with E-state index in [0.717, 1.165) is 65.8 Å². The number of benzene rings is 1. The van der Waals surface area contributed by atoms with Crippen molar-refractivity contribution in [3.05, 3.63) is 48.9 Å². The molecule has 4 aromatic rings. The van der Waals surface area contributed by atoms with Crippen molar-refractivity contribution in [1.82, 2.24) is 29.6 Å². The van der Waals surface area contributed by atoms with Crippen molar-refractivity contribution in [2.24, 2.45) is 0 Å². The first-order chi connectivity index (χ1) is 20.3. The molecule has 41 heavy (non-hydrogen) atoms. The van der Waals surface area contributed by atoms with E-state index < -0.39 is 0 Å². The van der Waals surface area contributed by atoms with Crippen LogP contribution < -0.4 is 10.6 Å². The molecule has 3 aliphatic rings. The quantitative estimate of drug-likeness (QED) is 0.239. The van der Waals surface area contributed by atoms with Gasteiger partial charge in [0.05, 0.1) is 23.3 Å². The van der Waals surface area contributed by atoms with E-state index in [2.05, 4.69) is 68.3 Å². The third kappa shape index (κ3) is 5.97. The van der Waals surface area contributed by atoms with Crippen LogP contribution in [-0.4, -0.2) is 68.0 Å². The number of fused-ring (bicyclic) bond motifs is 1. The third-order valence-electron chi connectivity index (χ3n) is 9.23.